The van der Waals surface area contributed by atoms with Crippen LogP contribution in [-0.2, 0) is 18.4 Å². The van der Waals surface area contributed by atoms with Crippen molar-refractivity contribution in [3.8, 4) is 11.5 Å². The Bertz CT molecular complexity index is 1860. The van der Waals surface area contributed by atoms with E-state index >= 15 is 0 Å². The zero-order valence-electron chi connectivity index (χ0n) is 25.1. The van der Waals surface area contributed by atoms with E-state index in [2.05, 4.69) is 20.3 Å². The minimum Gasteiger partial charge on any atom is -0.424 e. The summed E-state index contributed by atoms with van der Waals surface area (Å²) in [5.74, 6) is -0.217. The minimum absolute atomic E-state index is 0.0156. The van der Waals surface area contributed by atoms with Crippen molar-refractivity contribution in [2.45, 2.75) is 50.2 Å². The summed E-state index contributed by atoms with van der Waals surface area (Å²) in [5.41, 5.74) is 0.635. The molecule has 6 rings (SSSR count). The predicted octanol–water partition coefficient (Wildman–Crippen LogP) is 6.52. The summed E-state index contributed by atoms with van der Waals surface area (Å²) in [6.07, 6.45) is 0.438. The molecule has 1 saturated carbocycles. The number of fused-ring (bicyclic) bond motifs is 1. The van der Waals surface area contributed by atoms with Gasteiger partial charge in [0, 0.05) is 16.6 Å². The maximum Gasteiger partial charge on any atom is 0.392 e. The van der Waals surface area contributed by atoms with E-state index in [9.17, 15) is 24.2 Å². The molecule has 0 spiro atoms. The molecule has 2 aromatic carbocycles. The Morgan fingerprint density at radius 2 is 1.62 bits per heavy atom. The molecule has 6 atom stereocenters. The number of hydrogen-bond acceptors (Lipinski definition) is 12. The Morgan fingerprint density at radius 1 is 0.958 bits per heavy atom. The average molecular weight is 763 g/mol. The van der Waals surface area contributed by atoms with E-state index in [1.807, 2.05) is 0 Å². The molecule has 0 bridgehead atoms. The monoisotopic (exact) mass is 761 g/mol. The van der Waals surface area contributed by atoms with Crippen LogP contribution in [0.15, 0.2) is 54.9 Å². The number of anilines is 1. The fourth-order valence-electron chi connectivity index (χ4n) is 5.66. The lowest BCUT2D eigenvalue weighted by molar-refractivity contribution is -0.0482. The Morgan fingerprint density at radius 3 is 2.29 bits per heavy atom. The number of hydrogen-bond donors (Lipinski definition) is 4. The molecule has 1 saturated heterocycles. The highest BCUT2D eigenvalue weighted by Gasteiger charge is 2.47. The molecule has 19 heteroatoms. The van der Waals surface area contributed by atoms with Crippen molar-refractivity contribution in [3.63, 3.8) is 0 Å². The first-order valence-electron chi connectivity index (χ1n) is 15.0. The van der Waals surface area contributed by atoms with Gasteiger partial charge < -0.3 is 34.2 Å². The van der Waals surface area contributed by atoms with Gasteiger partial charge in [-0.15, -0.1) is 0 Å². The second-order valence-corrected chi connectivity index (χ2v) is 17.0. The van der Waals surface area contributed by atoms with E-state index in [0.29, 0.717) is 23.8 Å². The molecule has 1 aliphatic carbocycles. The van der Waals surface area contributed by atoms with Gasteiger partial charge in [-0.3, -0.25) is 9.09 Å². The fraction of sp³-hybridized carbons (Fsp3) is 0.414. The van der Waals surface area contributed by atoms with Gasteiger partial charge in [0.25, 0.3) is 0 Å². The summed E-state index contributed by atoms with van der Waals surface area (Å²) in [4.78, 5) is 23.7. The molecular formula is C29H32Cl3N5O9P2. The quantitative estimate of drug-likeness (QED) is 0.0853. The first-order valence-corrected chi connectivity index (χ1v) is 19.6. The van der Waals surface area contributed by atoms with Crippen LogP contribution in [0.2, 0.25) is 15.3 Å². The molecule has 258 valence electrons. The fourth-order valence-corrected chi connectivity index (χ4v) is 10.0. The Hall–Kier alpha value is -2.48. The second-order valence-electron chi connectivity index (χ2n) is 11.5. The molecule has 14 nitrogen and oxygen atoms in total. The van der Waals surface area contributed by atoms with E-state index in [-0.39, 0.29) is 32.5 Å². The van der Waals surface area contributed by atoms with Crippen molar-refractivity contribution in [2.24, 2.45) is 5.92 Å². The van der Waals surface area contributed by atoms with Crippen LogP contribution in [0, 0.1) is 5.92 Å². The number of imidazole rings is 1. The van der Waals surface area contributed by atoms with Crippen molar-refractivity contribution < 1.29 is 42.5 Å². The number of rotatable bonds is 13. The molecule has 2 unspecified atom stereocenters. The van der Waals surface area contributed by atoms with Crippen molar-refractivity contribution >= 4 is 67.0 Å². The van der Waals surface area contributed by atoms with E-state index in [1.165, 1.54) is 60.1 Å². The van der Waals surface area contributed by atoms with Gasteiger partial charge in [0.2, 0.25) is 5.28 Å². The zero-order valence-corrected chi connectivity index (χ0v) is 29.2. The third-order valence-electron chi connectivity index (χ3n) is 7.91. The van der Waals surface area contributed by atoms with Crippen LogP contribution in [0.1, 0.15) is 31.9 Å². The summed E-state index contributed by atoms with van der Waals surface area (Å²) in [6, 6.07) is 11.6. The maximum atomic E-state index is 14.0. The van der Waals surface area contributed by atoms with Crippen molar-refractivity contribution in [2.75, 3.05) is 24.4 Å². The maximum absolute atomic E-state index is 14.0. The van der Waals surface area contributed by atoms with Crippen molar-refractivity contribution in [1.29, 1.82) is 0 Å². The summed E-state index contributed by atoms with van der Waals surface area (Å²) >= 11 is 18.3. The number of nitrogens with zero attached hydrogens (tertiary/aromatic N) is 4. The van der Waals surface area contributed by atoms with E-state index in [0.717, 1.165) is 12.8 Å². The van der Waals surface area contributed by atoms with Crippen LogP contribution in [-0.4, -0.2) is 72.0 Å². The summed E-state index contributed by atoms with van der Waals surface area (Å²) in [7, 11) is -9.24. The van der Waals surface area contributed by atoms with Crippen LogP contribution in [0.4, 0.5) is 5.82 Å². The molecule has 0 radical (unpaired) electrons. The van der Waals surface area contributed by atoms with Crippen molar-refractivity contribution in [3.05, 3.63) is 70.2 Å². The van der Waals surface area contributed by atoms with Gasteiger partial charge in [-0.1, -0.05) is 48.2 Å². The number of ether oxygens (including phenoxy) is 1. The summed E-state index contributed by atoms with van der Waals surface area (Å²) in [5, 5.41) is 25.7. The molecule has 4 N–H and O–H groups in total. The Balaban J connectivity index is 1.19. The van der Waals surface area contributed by atoms with Gasteiger partial charge >= 0.3 is 15.2 Å². The molecule has 48 heavy (non-hydrogen) atoms. The third-order valence-corrected chi connectivity index (χ3v) is 12.9. The lowest BCUT2D eigenvalue weighted by atomic mass is 10.1. The molecular weight excluding hydrogens is 731 g/mol. The molecule has 4 aromatic rings. The lowest BCUT2D eigenvalue weighted by Gasteiger charge is -2.24. The number of aromatic nitrogens is 4. The van der Waals surface area contributed by atoms with E-state index < -0.39 is 52.2 Å². The smallest absolute Gasteiger partial charge is 0.392 e. The van der Waals surface area contributed by atoms with Crippen LogP contribution in [0.25, 0.3) is 11.2 Å². The molecule has 2 fully saturated rings. The lowest BCUT2D eigenvalue weighted by Crippen LogP contribution is -2.33. The molecule has 3 heterocycles. The summed E-state index contributed by atoms with van der Waals surface area (Å²) < 4.78 is 51.0. The largest absolute Gasteiger partial charge is 0.424 e. The van der Waals surface area contributed by atoms with Gasteiger partial charge in [-0.25, -0.2) is 14.1 Å². The molecule has 2 aliphatic rings. The van der Waals surface area contributed by atoms with Gasteiger partial charge in [-0.2, -0.15) is 9.97 Å². The van der Waals surface area contributed by atoms with E-state index in [1.54, 1.807) is 12.1 Å². The first-order chi connectivity index (χ1) is 22.9. The Kier molecular flexibility index (Phi) is 10.9. The minimum atomic E-state index is -4.70. The van der Waals surface area contributed by atoms with E-state index in [4.69, 9.17) is 53.1 Å². The molecule has 1 aliphatic heterocycles. The van der Waals surface area contributed by atoms with Crippen LogP contribution < -0.4 is 14.4 Å². The first kappa shape index (κ1) is 35.3. The predicted molar refractivity (Wildman–Crippen MR) is 179 cm³/mol. The standard InChI is InChI=1S/C29H32Cl3N5O9P2/c30-18-7-3-9-20(11-18)45-47(40,41)16-48(42,46-21-10-4-8-19(31)12-21)43-14-22-24(38)25(39)28(44-22)37-15-34-23-26(35-29(32)36-27(23)37)33-13-17-5-1-2-6-17/h3-4,7-12,15,17,22,24-25,28,38-39H,1-2,5-6,13-14,16H2,(H,40,41)(H,33,35,36)/t22-,24-,25-,28-,48?/m1/s1. The third kappa shape index (κ3) is 8.45. The highest BCUT2D eigenvalue weighted by molar-refractivity contribution is 7.71. The van der Waals surface area contributed by atoms with Crippen LogP contribution in [0.3, 0.4) is 0 Å². The summed E-state index contributed by atoms with van der Waals surface area (Å²) in [6.45, 7) is 0.0680. The van der Waals surface area contributed by atoms with Gasteiger partial charge in [0.1, 0.15) is 29.8 Å². The number of aliphatic hydroxyl groups is 2. The normalized spacial score (nSPS) is 24.0. The van der Waals surface area contributed by atoms with Crippen LogP contribution >= 0.6 is 50.0 Å². The SMILES string of the molecule is O=P(O)(CP(=O)(OC[C@H]1O[C@@H](n2cnc3c(NCC4CCCC4)nc(Cl)nc32)[C@H](O)[C@@H]1O)Oc1cccc(Cl)c1)Oc1cccc(Cl)c1. The highest BCUT2D eigenvalue weighted by atomic mass is 35.5. The highest BCUT2D eigenvalue weighted by Crippen LogP contribution is 2.61. The van der Waals surface area contributed by atoms with Gasteiger partial charge in [0.15, 0.2) is 29.1 Å². The Labute approximate surface area is 290 Å². The second kappa shape index (κ2) is 14.8. The molecule has 0 amide bonds. The van der Waals surface area contributed by atoms with Gasteiger partial charge in [-0.05, 0) is 66.8 Å². The van der Waals surface area contributed by atoms with Crippen LogP contribution in [0.5, 0.6) is 11.5 Å². The number of aliphatic hydroxyl groups excluding tert-OH is 2. The van der Waals surface area contributed by atoms with Gasteiger partial charge in [0.05, 0.1) is 12.9 Å². The molecule has 2 aromatic heterocycles. The zero-order chi connectivity index (χ0) is 34.1. The number of halogens is 3. The number of nitrogens with one attached hydrogen (secondary N) is 1. The number of benzene rings is 2. The topological polar surface area (TPSA) is 187 Å². The average Bonchev–Trinajstić information content (AvgIpc) is 3.75. The van der Waals surface area contributed by atoms with Crippen molar-refractivity contribution in [1.82, 2.24) is 19.5 Å².